The van der Waals surface area contributed by atoms with Crippen LogP contribution in [0.5, 0.6) is 0 Å². The van der Waals surface area contributed by atoms with Crippen molar-refractivity contribution in [1.82, 2.24) is 10.6 Å². The van der Waals surface area contributed by atoms with Crippen LogP contribution in [-0.2, 0) is 24.3 Å². The molecule has 0 atom stereocenters. The minimum Gasteiger partial charge on any atom is -0.380 e. The zero-order valence-corrected chi connectivity index (χ0v) is 17.7. The Hall–Kier alpha value is -1.31. The van der Waals surface area contributed by atoms with Gasteiger partial charge in [0, 0.05) is 32.3 Å². The monoisotopic (exact) mass is 473 g/mol. The van der Waals surface area contributed by atoms with Crippen molar-refractivity contribution in [3.63, 3.8) is 0 Å². The van der Waals surface area contributed by atoms with Crippen molar-refractivity contribution in [1.29, 1.82) is 0 Å². The number of hydrogen-bond donors (Lipinski definition) is 2. The molecular formula is C19H25ClIN3O. The molecular weight excluding hydrogens is 449 g/mol. The van der Waals surface area contributed by atoms with E-state index in [-0.39, 0.29) is 24.0 Å². The Labute approximate surface area is 172 Å². The first-order chi connectivity index (χ1) is 11.7. The number of aliphatic imine (C=N–C) groups is 1. The summed E-state index contributed by atoms with van der Waals surface area (Å²) in [7, 11) is 3.48. The largest absolute Gasteiger partial charge is 0.380 e. The third kappa shape index (κ3) is 7.22. The lowest BCUT2D eigenvalue weighted by Crippen LogP contribution is -2.38. The topological polar surface area (TPSA) is 45.7 Å². The number of nitrogens with zero attached hydrogens (tertiary/aromatic N) is 1. The number of ether oxygens (including phenoxy) is 1. The molecule has 2 aromatic carbocycles. The van der Waals surface area contributed by atoms with Crippen LogP contribution < -0.4 is 10.6 Å². The highest BCUT2D eigenvalue weighted by molar-refractivity contribution is 14.0. The normalized spacial score (nSPS) is 10.9. The van der Waals surface area contributed by atoms with Crippen LogP contribution in [0, 0.1) is 0 Å². The number of benzene rings is 2. The average molecular weight is 474 g/mol. The maximum absolute atomic E-state index is 6.18. The smallest absolute Gasteiger partial charge is 0.191 e. The van der Waals surface area contributed by atoms with E-state index < -0.39 is 0 Å². The summed E-state index contributed by atoms with van der Waals surface area (Å²) in [6.07, 6.45) is 0.848. The van der Waals surface area contributed by atoms with Crippen LogP contribution in [0.2, 0.25) is 5.02 Å². The van der Waals surface area contributed by atoms with E-state index in [2.05, 4.69) is 27.8 Å². The van der Waals surface area contributed by atoms with Gasteiger partial charge in [-0.2, -0.15) is 0 Å². The fraction of sp³-hybridized carbons (Fsp3) is 0.316. The van der Waals surface area contributed by atoms with Gasteiger partial charge in [-0.15, -0.1) is 24.0 Å². The first kappa shape index (κ1) is 21.7. The second-order valence-electron chi connectivity index (χ2n) is 5.40. The van der Waals surface area contributed by atoms with Crippen molar-refractivity contribution in [3.8, 4) is 0 Å². The molecule has 0 aliphatic heterocycles. The van der Waals surface area contributed by atoms with Crippen molar-refractivity contribution in [3.05, 3.63) is 70.2 Å². The second kappa shape index (κ2) is 12.1. The van der Waals surface area contributed by atoms with Gasteiger partial charge in [-0.1, -0.05) is 54.1 Å². The molecule has 0 heterocycles. The summed E-state index contributed by atoms with van der Waals surface area (Å²) in [6.45, 7) is 2.07. The second-order valence-corrected chi connectivity index (χ2v) is 5.80. The Morgan fingerprint density at radius 1 is 1.00 bits per heavy atom. The fourth-order valence-electron chi connectivity index (χ4n) is 2.44. The van der Waals surface area contributed by atoms with Gasteiger partial charge in [-0.3, -0.25) is 4.99 Å². The Balaban J connectivity index is 0.00000312. The van der Waals surface area contributed by atoms with E-state index in [1.54, 1.807) is 14.2 Å². The molecule has 0 unspecified atom stereocenters. The van der Waals surface area contributed by atoms with Crippen LogP contribution in [0.4, 0.5) is 0 Å². The number of methoxy groups -OCH3 is 1. The number of rotatable bonds is 7. The van der Waals surface area contributed by atoms with Crippen LogP contribution >= 0.6 is 35.6 Å². The minimum atomic E-state index is 0. The lowest BCUT2D eigenvalue weighted by molar-refractivity contribution is 0.184. The molecule has 0 aromatic heterocycles. The van der Waals surface area contributed by atoms with Crippen LogP contribution in [-0.4, -0.2) is 26.7 Å². The van der Waals surface area contributed by atoms with Gasteiger partial charge in [0.05, 0.1) is 6.61 Å². The summed E-state index contributed by atoms with van der Waals surface area (Å²) in [5.41, 5.74) is 3.51. The molecule has 136 valence electrons. The summed E-state index contributed by atoms with van der Waals surface area (Å²) >= 11 is 6.18. The maximum atomic E-state index is 6.18. The van der Waals surface area contributed by atoms with Gasteiger partial charge in [0.1, 0.15) is 0 Å². The molecule has 0 fully saturated rings. The molecule has 0 bridgehead atoms. The first-order valence-corrected chi connectivity index (χ1v) is 8.36. The van der Waals surface area contributed by atoms with E-state index in [0.717, 1.165) is 29.5 Å². The van der Waals surface area contributed by atoms with E-state index in [0.29, 0.717) is 13.2 Å². The third-order valence-electron chi connectivity index (χ3n) is 3.73. The molecule has 2 N–H and O–H groups in total. The summed E-state index contributed by atoms with van der Waals surface area (Å²) < 4.78 is 5.24. The lowest BCUT2D eigenvalue weighted by Gasteiger charge is -2.14. The predicted molar refractivity (Wildman–Crippen MR) is 116 cm³/mol. The molecule has 0 aliphatic rings. The molecule has 0 amide bonds. The molecule has 0 aliphatic carbocycles. The average Bonchev–Trinajstić information content (AvgIpc) is 2.61. The van der Waals surface area contributed by atoms with Crippen molar-refractivity contribution < 1.29 is 4.74 Å². The molecule has 0 saturated heterocycles. The Kier molecular flexibility index (Phi) is 10.5. The quantitative estimate of drug-likeness (QED) is 0.363. The number of nitrogens with one attached hydrogen (secondary N) is 2. The predicted octanol–water partition coefficient (Wildman–Crippen LogP) is 4.01. The van der Waals surface area contributed by atoms with Crippen LogP contribution in [0.15, 0.2) is 53.5 Å². The van der Waals surface area contributed by atoms with Gasteiger partial charge in [0.25, 0.3) is 0 Å². The lowest BCUT2D eigenvalue weighted by atomic mass is 10.1. The Morgan fingerprint density at radius 2 is 1.64 bits per heavy atom. The Bertz CT molecular complexity index is 679. The minimum absolute atomic E-state index is 0. The molecule has 2 rings (SSSR count). The van der Waals surface area contributed by atoms with Crippen LogP contribution in [0.3, 0.4) is 0 Å². The van der Waals surface area contributed by atoms with Crippen molar-refractivity contribution in [2.75, 3.05) is 20.7 Å². The molecule has 0 radical (unpaired) electrons. The van der Waals surface area contributed by atoms with Gasteiger partial charge in [-0.25, -0.2) is 0 Å². The zero-order chi connectivity index (χ0) is 17.2. The molecule has 25 heavy (non-hydrogen) atoms. The third-order valence-corrected chi connectivity index (χ3v) is 4.10. The first-order valence-electron chi connectivity index (χ1n) is 7.98. The summed E-state index contributed by atoms with van der Waals surface area (Å²) in [5.74, 6) is 0.772. The number of halogens is 2. The van der Waals surface area contributed by atoms with Crippen molar-refractivity contribution in [2.24, 2.45) is 4.99 Å². The van der Waals surface area contributed by atoms with Gasteiger partial charge < -0.3 is 15.4 Å². The highest BCUT2D eigenvalue weighted by atomic mass is 127. The van der Waals surface area contributed by atoms with E-state index in [1.165, 1.54) is 11.1 Å². The Morgan fingerprint density at radius 3 is 2.28 bits per heavy atom. The highest BCUT2D eigenvalue weighted by Gasteiger charge is 2.04. The van der Waals surface area contributed by atoms with E-state index >= 15 is 0 Å². The molecule has 0 saturated carbocycles. The number of hydrogen-bond acceptors (Lipinski definition) is 2. The summed E-state index contributed by atoms with van der Waals surface area (Å²) in [6, 6.07) is 16.1. The fourth-order valence-corrected chi connectivity index (χ4v) is 2.67. The molecule has 6 heteroatoms. The van der Waals surface area contributed by atoms with E-state index in [4.69, 9.17) is 16.3 Å². The maximum Gasteiger partial charge on any atom is 0.191 e. The van der Waals surface area contributed by atoms with E-state index in [9.17, 15) is 0 Å². The molecule has 0 spiro atoms. The number of guanidine groups is 1. The van der Waals surface area contributed by atoms with Crippen LogP contribution in [0.25, 0.3) is 0 Å². The summed E-state index contributed by atoms with van der Waals surface area (Å²) in [4.78, 5) is 4.26. The molecule has 2 aromatic rings. The van der Waals surface area contributed by atoms with Crippen molar-refractivity contribution in [2.45, 2.75) is 19.6 Å². The van der Waals surface area contributed by atoms with Gasteiger partial charge in [0.15, 0.2) is 5.96 Å². The van der Waals surface area contributed by atoms with Gasteiger partial charge >= 0.3 is 0 Å². The van der Waals surface area contributed by atoms with Gasteiger partial charge in [-0.05, 0) is 29.2 Å². The van der Waals surface area contributed by atoms with E-state index in [1.807, 2.05) is 36.4 Å². The van der Waals surface area contributed by atoms with Crippen molar-refractivity contribution >= 4 is 41.5 Å². The van der Waals surface area contributed by atoms with Gasteiger partial charge in [0.2, 0.25) is 0 Å². The standard InChI is InChI=1S/C19H24ClN3O.HI/c1-21-19(22-12-11-15-7-5-6-10-18(15)20)23-13-16-8-3-4-9-17(16)14-24-2;/h3-10H,11-14H2,1-2H3,(H2,21,22,23);1H. The van der Waals surface area contributed by atoms with Crippen LogP contribution in [0.1, 0.15) is 16.7 Å². The summed E-state index contributed by atoms with van der Waals surface area (Å²) in [5, 5.41) is 7.45. The highest BCUT2D eigenvalue weighted by Crippen LogP contribution is 2.14. The SMILES string of the molecule is CN=C(NCCc1ccccc1Cl)NCc1ccccc1COC.I. The zero-order valence-electron chi connectivity index (χ0n) is 14.6. The molecule has 4 nitrogen and oxygen atoms in total.